The van der Waals surface area contributed by atoms with Crippen LogP contribution in [0.1, 0.15) is 43.7 Å². The van der Waals surface area contributed by atoms with Crippen LogP contribution in [0.3, 0.4) is 0 Å². The normalized spacial score (nSPS) is 16.4. The lowest BCUT2D eigenvalue weighted by atomic mass is 10.00. The summed E-state index contributed by atoms with van der Waals surface area (Å²) in [6.07, 6.45) is -2.32. The second-order valence-corrected chi connectivity index (χ2v) is 4.72. The number of ether oxygens (including phenoxy) is 1. The van der Waals surface area contributed by atoms with Crippen molar-refractivity contribution in [1.82, 2.24) is 0 Å². The second kappa shape index (κ2) is 4.24. The molecular formula is C13H15F3O. The van der Waals surface area contributed by atoms with E-state index in [1.165, 1.54) is 6.07 Å². The Labute approximate surface area is 98.6 Å². The van der Waals surface area contributed by atoms with Crippen LogP contribution in [0.25, 0.3) is 0 Å². The number of alkyl halides is 3. The maximum atomic E-state index is 12.6. The van der Waals surface area contributed by atoms with Gasteiger partial charge >= 0.3 is 6.18 Å². The van der Waals surface area contributed by atoms with Gasteiger partial charge in [-0.15, -0.1) is 0 Å². The van der Waals surface area contributed by atoms with Crippen LogP contribution in [0.4, 0.5) is 13.2 Å². The van der Waals surface area contributed by atoms with Crippen molar-refractivity contribution < 1.29 is 17.9 Å². The fourth-order valence-electron chi connectivity index (χ4n) is 1.66. The van der Waals surface area contributed by atoms with Gasteiger partial charge in [0.25, 0.3) is 0 Å². The van der Waals surface area contributed by atoms with E-state index in [0.717, 1.165) is 30.5 Å². The van der Waals surface area contributed by atoms with Gasteiger partial charge in [0.05, 0.1) is 11.7 Å². The predicted molar refractivity (Wildman–Crippen MR) is 59.2 cm³/mol. The Balaban J connectivity index is 2.34. The molecule has 1 nitrogen and oxygen atoms in total. The molecule has 0 saturated heterocycles. The van der Waals surface area contributed by atoms with Crippen LogP contribution >= 0.6 is 0 Å². The molecule has 1 aliphatic rings. The summed E-state index contributed by atoms with van der Waals surface area (Å²) in [4.78, 5) is 0. The average Bonchev–Trinajstić information content (AvgIpc) is 2.99. The van der Waals surface area contributed by atoms with E-state index in [9.17, 15) is 13.2 Å². The Morgan fingerprint density at radius 3 is 2.35 bits per heavy atom. The maximum Gasteiger partial charge on any atom is 0.416 e. The van der Waals surface area contributed by atoms with Gasteiger partial charge in [-0.25, -0.2) is 0 Å². The van der Waals surface area contributed by atoms with Gasteiger partial charge in [0, 0.05) is 0 Å². The Morgan fingerprint density at radius 1 is 1.24 bits per heavy atom. The molecule has 0 atom stereocenters. The van der Waals surface area contributed by atoms with Crippen LogP contribution < -0.4 is 4.74 Å². The Hall–Kier alpha value is -1.19. The van der Waals surface area contributed by atoms with Crippen LogP contribution in [-0.2, 0) is 6.18 Å². The average molecular weight is 244 g/mol. The lowest BCUT2D eigenvalue weighted by Gasteiger charge is -2.16. The van der Waals surface area contributed by atoms with Crippen molar-refractivity contribution in [3.8, 4) is 5.75 Å². The first-order valence-electron chi connectivity index (χ1n) is 5.75. The van der Waals surface area contributed by atoms with Crippen molar-refractivity contribution in [2.45, 2.75) is 44.9 Å². The number of rotatable bonds is 3. The molecule has 0 radical (unpaired) electrons. The number of hydrogen-bond acceptors (Lipinski definition) is 1. The van der Waals surface area contributed by atoms with Crippen molar-refractivity contribution in [2.75, 3.05) is 0 Å². The summed E-state index contributed by atoms with van der Waals surface area (Å²) in [6.45, 7) is 3.89. The van der Waals surface area contributed by atoms with Gasteiger partial charge in [-0.3, -0.25) is 0 Å². The smallest absolute Gasteiger partial charge is 0.416 e. The molecule has 1 aromatic rings. The monoisotopic (exact) mass is 244 g/mol. The van der Waals surface area contributed by atoms with E-state index in [0.29, 0.717) is 5.75 Å². The zero-order valence-corrected chi connectivity index (χ0v) is 9.84. The van der Waals surface area contributed by atoms with E-state index in [1.807, 2.05) is 13.8 Å². The molecule has 0 N–H and O–H groups in total. The first-order chi connectivity index (χ1) is 7.88. The topological polar surface area (TPSA) is 9.23 Å². The molecule has 2 rings (SSSR count). The molecule has 4 heteroatoms. The molecule has 0 aliphatic heterocycles. The molecule has 0 aromatic heterocycles. The molecule has 1 fully saturated rings. The van der Waals surface area contributed by atoms with E-state index in [-0.39, 0.29) is 12.0 Å². The number of halogens is 3. The third-order valence-corrected chi connectivity index (χ3v) is 2.78. The van der Waals surface area contributed by atoms with Gasteiger partial charge in [0.1, 0.15) is 5.75 Å². The Kier molecular flexibility index (Phi) is 3.06. The number of benzene rings is 1. The molecule has 0 amide bonds. The number of hydrogen-bond donors (Lipinski definition) is 0. The minimum atomic E-state index is -4.31. The molecule has 0 unspecified atom stereocenters. The highest BCUT2D eigenvalue weighted by Crippen LogP contribution is 2.37. The highest BCUT2D eigenvalue weighted by atomic mass is 19.4. The summed E-state index contributed by atoms with van der Waals surface area (Å²) in [5.41, 5.74) is 0.197. The van der Waals surface area contributed by atoms with Gasteiger partial charge in [0.15, 0.2) is 0 Å². The fourth-order valence-corrected chi connectivity index (χ4v) is 1.66. The third-order valence-electron chi connectivity index (χ3n) is 2.78. The van der Waals surface area contributed by atoms with E-state index >= 15 is 0 Å². The van der Waals surface area contributed by atoms with Gasteiger partial charge in [-0.2, -0.15) is 13.2 Å². The molecule has 94 valence electrons. The van der Waals surface area contributed by atoms with Gasteiger partial charge in [0.2, 0.25) is 0 Å². The third kappa shape index (κ3) is 2.93. The predicted octanol–water partition coefficient (Wildman–Crippen LogP) is 4.37. The Morgan fingerprint density at radius 2 is 1.88 bits per heavy atom. The van der Waals surface area contributed by atoms with E-state index in [1.54, 1.807) is 0 Å². The molecule has 1 saturated carbocycles. The quantitative estimate of drug-likeness (QED) is 0.767. The molecule has 0 spiro atoms. The highest BCUT2D eigenvalue weighted by Gasteiger charge is 2.32. The highest BCUT2D eigenvalue weighted by molar-refractivity contribution is 5.40. The summed E-state index contributed by atoms with van der Waals surface area (Å²) in [6, 6.07) is 3.76. The lowest BCUT2D eigenvalue weighted by Crippen LogP contribution is -2.08. The first-order valence-corrected chi connectivity index (χ1v) is 5.75. The molecule has 0 heterocycles. The van der Waals surface area contributed by atoms with Gasteiger partial charge in [-0.1, -0.05) is 19.9 Å². The van der Waals surface area contributed by atoms with E-state index < -0.39 is 11.7 Å². The van der Waals surface area contributed by atoms with Crippen LogP contribution in [-0.4, -0.2) is 6.10 Å². The minimum Gasteiger partial charge on any atom is -0.490 e. The fraction of sp³-hybridized carbons (Fsp3) is 0.538. The molecular weight excluding hydrogens is 229 g/mol. The molecule has 1 aliphatic carbocycles. The summed E-state index contributed by atoms with van der Waals surface area (Å²) in [7, 11) is 0. The summed E-state index contributed by atoms with van der Waals surface area (Å²) < 4.78 is 43.3. The lowest BCUT2D eigenvalue weighted by molar-refractivity contribution is -0.137. The van der Waals surface area contributed by atoms with Crippen LogP contribution in [0.5, 0.6) is 5.75 Å². The zero-order valence-electron chi connectivity index (χ0n) is 9.84. The SMILES string of the molecule is CC(C)c1ccc(C(F)(F)F)cc1OC1CC1. The summed E-state index contributed by atoms with van der Waals surface area (Å²) in [5, 5.41) is 0. The first kappa shape index (κ1) is 12.3. The zero-order chi connectivity index (χ0) is 12.6. The van der Waals surface area contributed by atoms with Crippen molar-refractivity contribution in [2.24, 2.45) is 0 Å². The second-order valence-electron chi connectivity index (χ2n) is 4.72. The standard InChI is InChI=1S/C13H15F3O/c1-8(2)11-6-3-9(13(14,15)16)7-12(11)17-10-4-5-10/h3,6-8,10H,4-5H2,1-2H3. The van der Waals surface area contributed by atoms with Crippen LogP contribution in [0.2, 0.25) is 0 Å². The van der Waals surface area contributed by atoms with Crippen molar-refractivity contribution in [3.05, 3.63) is 29.3 Å². The maximum absolute atomic E-state index is 12.6. The molecule has 0 bridgehead atoms. The van der Waals surface area contributed by atoms with Crippen molar-refractivity contribution in [3.63, 3.8) is 0 Å². The van der Waals surface area contributed by atoms with Crippen LogP contribution in [0.15, 0.2) is 18.2 Å². The van der Waals surface area contributed by atoms with Gasteiger partial charge in [-0.05, 0) is 36.5 Å². The summed E-state index contributed by atoms with van der Waals surface area (Å²) in [5.74, 6) is 0.545. The summed E-state index contributed by atoms with van der Waals surface area (Å²) >= 11 is 0. The minimum absolute atomic E-state index is 0.107. The molecule has 1 aromatic carbocycles. The van der Waals surface area contributed by atoms with E-state index in [2.05, 4.69) is 0 Å². The largest absolute Gasteiger partial charge is 0.490 e. The van der Waals surface area contributed by atoms with Crippen molar-refractivity contribution >= 4 is 0 Å². The van der Waals surface area contributed by atoms with Crippen LogP contribution in [0, 0.1) is 0 Å². The Bertz CT molecular complexity index is 406. The molecule has 17 heavy (non-hydrogen) atoms. The van der Waals surface area contributed by atoms with E-state index in [4.69, 9.17) is 4.74 Å². The van der Waals surface area contributed by atoms with Gasteiger partial charge < -0.3 is 4.74 Å². The van der Waals surface area contributed by atoms with Crippen molar-refractivity contribution in [1.29, 1.82) is 0 Å².